The monoisotopic (exact) mass is 387 g/mol. The Morgan fingerprint density at radius 2 is 2.36 bits per heavy atom. The van der Waals surface area contributed by atoms with Crippen molar-refractivity contribution in [2.24, 2.45) is 0 Å². The molecule has 14 heavy (non-hydrogen) atoms. The number of unbranched alkanes of at least 4 members (excludes halogenated alkanes) is 1. The minimum atomic E-state index is 0.0405. The van der Waals surface area contributed by atoms with Crippen LogP contribution in [0.4, 0.5) is 0 Å². The van der Waals surface area contributed by atoms with Crippen molar-refractivity contribution in [2.45, 2.75) is 12.8 Å². The van der Waals surface area contributed by atoms with Crippen LogP contribution in [-0.2, 0) is 0 Å². The number of hydrogen-bond acceptors (Lipinski definition) is 2. The normalized spacial score (nSPS) is 10.1. The van der Waals surface area contributed by atoms with Crippen molar-refractivity contribution in [2.75, 3.05) is 11.9 Å². The summed E-state index contributed by atoms with van der Waals surface area (Å²) < 4.78 is 1.15. The van der Waals surface area contributed by atoms with E-state index >= 15 is 0 Å². The Morgan fingerprint density at radius 1 is 1.57 bits per heavy atom. The van der Waals surface area contributed by atoms with Gasteiger partial charge in [0.2, 0.25) is 0 Å². The highest BCUT2D eigenvalue weighted by Gasteiger charge is 2.06. The van der Waals surface area contributed by atoms with Crippen molar-refractivity contribution in [3.05, 3.63) is 19.9 Å². The molecule has 0 spiro atoms. The molecular formula is C9H11BrINOS. The van der Waals surface area contributed by atoms with Crippen LogP contribution in [0.15, 0.2) is 11.4 Å². The molecule has 1 aromatic heterocycles. The molecule has 0 aromatic carbocycles. The lowest BCUT2D eigenvalue weighted by atomic mass is 10.3. The topological polar surface area (TPSA) is 29.1 Å². The van der Waals surface area contributed by atoms with E-state index in [2.05, 4.69) is 43.8 Å². The van der Waals surface area contributed by atoms with E-state index in [-0.39, 0.29) is 5.91 Å². The summed E-state index contributed by atoms with van der Waals surface area (Å²) in [4.78, 5) is 11.5. The van der Waals surface area contributed by atoms with E-state index in [1.54, 1.807) is 11.3 Å². The first kappa shape index (κ1) is 12.4. The second-order valence-electron chi connectivity index (χ2n) is 2.79. The number of hydrogen-bond donors (Lipinski definition) is 1. The number of nitrogens with one attached hydrogen (secondary N) is 1. The van der Waals surface area contributed by atoms with E-state index in [1.807, 2.05) is 11.4 Å². The number of carbonyl (C=O) groups excluding carboxylic acids is 1. The minimum absolute atomic E-state index is 0.0405. The summed E-state index contributed by atoms with van der Waals surface area (Å²) in [5.41, 5.74) is 0.776. The summed E-state index contributed by atoms with van der Waals surface area (Å²) in [5.74, 6) is 0.0405. The highest BCUT2D eigenvalue weighted by molar-refractivity contribution is 14.1. The fraction of sp³-hybridized carbons (Fsp3) is 0.444. The van der Waals surface area contributed by atoms with Crippen LogP contribution in [0.2, 0.25) is 0 Å². The number of rotatable bonds is 5. The zero-order valence-electron chi connectivity index (χ0n) is 7.56. The molecule has 1 aromatic rings. The third kappa shape index (κ3) is 4.27. The van der Waals surface area contributed by atoms with Crippen LogP contribution < -0.4 is 5.32 Å². The van der Waals surface area contributed by atoms with Crippen molar-refractivity contribution in [3.63, 3.8) is 0 Å². The van der Waals surface area contributed by atoms with Gasteiger partial charge in [-0.2, -0.15) is 0 Å². The first-order chi connectivity index (χ1) is 6.74. The zero-order chi connectivity index (χ0) is 10.4. The molecule has 78 valence electrons. The van der Waals surface area contributed by atoms with Crippen molar-refractivity contribution in [3.8, 4) is 0 Å². The molecule has 2 nitrogen and oxygen atoms in total. The highest BCUT2D eigenvalue weighted by Crippen LogP contribution is 2.16. The molecule has 0 aliphatic rings. The van der Waals surface area contributed by atoms with Crippen molar-refractivity contribution >= 4 is 55.8 Å². The van der Waals surface area contributed by atoms with Gasteiger partial charge in [-0.15, -0.1) is 11.3 Å². The maximum atomic E-state index is 11.5. The molecule has 0 saturated heterocycles. The SMILES string of the molecule is O=C(NCCCCBr)c1csc(I)c1. The van der Waals surface area contributed by atoms with Gasteiger partial charge < -0.3 is 5.32 Å². The largest absolute Gasteiger partial charge is 0.352 e. The van der Waals surface area contributed by atoms with Crippen molar-refractivity contribution in [1.29, 1.82) is 0 Å². The fourth-order valence-electron chi connectivity index (χ4n) is 0.953. The molecule has 0 saturated carbocycles. The lowest BCUT2D eigenvalue weighted by Crippen LogP contribution is -2.23. The molecule has 0 aliphatic carbocycles. The predicted molar refractivity (Wildman–Crippen MR) is 72.4 cm³/mol. The molecule has 1 rings (SSSR count). The van der Waals surface area contributed by atoms with Crippen LogP contribution in [0.5, 0.6) is 0 Å². The maximum Gasteiger partial charge on any atom is 0.252 e. The summed E-state index contributed by atoms with van der Waals surface area (Å²) >= 11 is 7.16. The average Bonchev–Trinajstić information content (AvgIpc) is 2.59. The zero-order valence-corrected chi connectivity index (χ0v) is 12.1. The molecule has 1 heterocycles. The van der Waals surface area contributed by atoms with Crippen LogP contribution in [0, 0.1) is 2.88 Å². The molecule has 0 radical (unpaired) electrons. The van der Waals surface area contributed by atoms with Gasteiger partial charge in [0.05, 0.1) is 8.45 Å². The smallest absolute Gasteiger partial charge is 0.252 e. The fourth-order valence-corrected chi connectivity index (χ4v) is 2.68. The summed E-state index contributed by atoms with van der Waals surface area (Å²) in [5, 5.41) is 5.78. The van der Waals surface area contributed by atoms with Gasteiger partial charge in [0.15, 0.2) is 0 Å². The van der Waals surface area contributed by atoms with Gasteiger partial charge in [-0.25, -0.2) is 0 Å². The maximum absolute atomic E-state index is 11.5. The van der Waals surface area contributed by atoms with E-state index in [4.69, 9.17) is 0 Å². The lowest BCUT2D eigenvalue weighted by Gasteiger charge is -2.01. The van der Waals surface area contributed by atoms with Gasteiger partial charge in [-0.3, -0.25) is 4.79 Å². The Morgan fingerprint density at radius 3 is 2.93 bits per heavy atom. The second-order valence-corrected chi connectivity index (χ2v) is 6.39. The van der Waals surface area contributed by atoms with E-state index < -0.39 is 0 Å². The van der Waals surface area contributed by atoms with Gasteiger partial charge in [0.1, 0.15) is 0 Å². The summed E-state index contributed by atoms with van der Waals surface area (Å²) in [6.45, 7) is 0.761. The Kier molecular flexibility index (Phi) is 6.04. The van der Waals surface area contributed by atoms with Crippen molar-refractivity contribution in [1.82, 2.24) is 5.32 Å². The van der Waals surface area contributed by atoms with Gasteiger partial charge in [0.25, 0.3) is 5.91 Å². The predicted octanol–water partition coefficient (Wildman–Crippen LogP) is 3.26. The number of thiophene rings is 1. The number of amides is 1. The molecule has 0 bridgehead atoms. The Labute approximate surface area is 110 Å². The number of alkyl halides is 1. The Balaban J connectivity index is 2.29. The highest BCUT2D eigenvalue weighted by atomic mass is 127. The first-order valence-electron chi connectivity index (χ1n) is 4.32. The van der Waals surface area contributed by atoms with Crippen LogP contribution in [0.25, 0.3) is 0 Å². The van der Waals surface area contributed by atoms with E-state index in [0.717, 1.165) is 33.2 Å². The Hall–Kier alpha value is 0.380. The third-order valence-electron chi connectivity index (χ3n) is 1.68. The summed E-state index contributed by atoms with van der Waals surface area (Å²) in [7, 11) is 0. The van der Waals surface area contributed by atoms with Crippen LogP contribution in [0.1, 0.15) is 23.2 Å². The van der Waals surface area contributed by atoms with Crippen LogP contribution in [-0.4, -0.2) is 17.8 Å². The van der Waals surface area contributed by atoms with Gasteiger partial charge in [-0.1, -0.05) is 15.9 Å². The van der Waals surface area contributed by atoms with E-state index in [0.29, 0.717) is 0 Å². The molecular weight excluding hydrogens is 377 g/mol. The van der Waals surface area contributed by atoms with Crippen molar-refractivity contribution < 1.29 is 4.79 Å². The Bertz CT molecular complexity index is 303. The second kappa shape index (κ2) is 6.79. The first-order valence-corrected chi connectivity index (χ1v) is 7.40. The van der Waals surface area contributed by atoms with Crippen LogP contribution in [0.3, 0.4) is 0 Å². The van der Waals surface area contributed by atoms with Gasteiger partial charge >= 0.3 is 0 Å². The summed E-state index contributed by atoms with van der Waals surface area (Å²) in [6, 6.07) is 1.91. The number of halogens is 2. The van der Waals surface area contributed by atoms with E-state index in [1.165, 1.54) is 0 Å². The minimum Gasteiger partial charge on any atom is -0.352 e. The molecule has 0 fully saturated rings. The quantitative estimate of drug-likeness (QED) is 0.469. The molecule has 1 amide bonds. The third-order valence-corrected chi connectivity index (χ3v) is 4.03. The molecule has 0 unspecified atom stereocenters. The lowest BCUT2D eigenvalue weighted by molar-refractivity contribution is 0.0953. The molecule has 1 N–H and O–H groups in total. The molecule has 5 heteroatoms. The number of carbonyl (C=O) groups is 1. The van der Waals surface area contributed by atoms with Crippen LogP contribution >= 0.6 is 49.9 Å². The van der Waals surface area contributed by atoms with Gasteiger partial charge in [0, 0.05) is 17.3 Å². The standard InChI is InChI=1S/C9H11BrINOS/c10-3-1-2-4-12-9(13)7-5-8(11)14-6-7/h5-6H,1-4H2,(H,12,13). The molecule has 0 atom stereocenters. The average molecular weight is 388 g/mol. The summed E-state index contributed by atoms with van der Waals surface area (Å²) in [6.07, 6.45) is 2.12. The van der Waals surface area contributed by atoms with E-state index in [9.17, 15) is 4.79 Å². The molecule has 0 aliphatic heterocycles. The van der Waals surface area contributed by atoms with Gasteiger partial charge in [-0.05, 0) is 41.5 Å².